The summed E-state index contributed by atoms with van der Waals surface area (Å²) in [5.74, 6) is 1.81. The number of aromatic nitrogens is 3. The Morgan fingerprint density at radius 1 is 1.28 bits per heavy atom. The fourth-order valence-electron chi connectivity index (χ4n) is 3.19. The van der Waals surface area contributed by atoms with Gasteiger partial charge in [0.1, 0.15) is 0 Å². The van der Waals surface area contributed by atoms with E-state index in [9.17, 15) is 4.79 Å². The molecule has 0 atom stereocenters. The number of aromatic amines is 1. The van der Waals surface area contributed by atoms with Gasteiger partial charge in [-0.3, -0.25) is 19.8 Å². The van der Waals surface area contributed by atoms with Crippen LogP contribution in [0, 0.1) is 0 Å². The molecule has 1 saturated carbocycles. The van der Waals surface area contributed by atoms with Crippen LogP contribution in [0.4, 0.5) is 5.82 Å². The summed E-state index contributed by atoms with van der Waals surface area (Å²) in [5, 5.41) is 10.6. The van der Waals surface area contributed by atoms with Gasteiger partial charge in [-0.25, -0.2) is 0 Å². The van der Waals surface area contributed by atoms with Crippen LogP contribution >= 0.6 is 0 Å². The third-order valence-corrected chi connectivity index (χ3v) is 4.88. The van der Waals surface area contributed by atoms with E-state index in [0.717, 1.165) is 37.6 Å². The van der Waals surface area contributed by atoms with E-state index in [2.05, 4.69) is 36.4 Å². The number of carbonyl (C=O) groups excluding carboxylic acids is 1. The van der Waals surface area contributed by atoms with Crippen LogP contribution in [0.15, 0.2) is 30.6 Å². The second-order valence-corrected chi connectivity index (χ2v) is 6.86. The number of rotatable bonds is 6. The minimum Gasteiger partial charge on any atom is -0.353 e. The zero-order valence-corrected chi connectivity index (χ0v) is 14.3. The third kappa shape index (κ3) is 4.17. The predicted molar refractivity (Wildman–Crippen MR) is 95.3 cm³/mol. The first-order valence-corrected chi connectivity index (χ1v) is 8.96. The smallest absolute Gasteiger partial charge is 0.234 e. The van der Waals surface area contributed by atoms with Crippen molar-refractivity contribution in [3.63, 3.8) is 0 Å². The van der Waals surface area contributed by atoms with E-state index < -0.39 is 0 Å². The number of carbonyl (C=O) groups is 1. The van der Waals surface area contributed by atoms with Gasteiger partial charge >= 0.3 is 0 Å². The highest BCUT2D eigenvalue weighted by atomic mass is 16.2. The molecule has 0 aromatic carbocycles. The number of nitrogens with zero attached hydrogens (tertiary/aromatic N) is 4. The fourth-order valence-corrected chi connectivity index (χ4v) is 3.19. The SMILES string of the molecule is O=C(CN1CCN(c2cc(C3CC3)[nH]n2)CC1)NCc1cccnc1. The summed E-state index contributed by atoms with van der Waals surface area (Å²) >= 11 is 0. The quantitative estimate of drug-likeness (QED) is 0.824. The van der Waals surface area contributed by atoms with Crippen molar-refractivity contribution in [3.8, 4) is 0 Å². The number of anilines is 1. The van der Waals surface area contributed by atoms with Gasteiger partial charge in [-0.1, -0.05) is 6.07 Å². The van der Waals surface area contributed by atoms with Gasteiger partial charge < -0.3 is 10.2 Å². The molecule has 3 heterocycles. The maximum atomic E-state index is 12.1. The molecule has 4 rings (SSSR count). The maximum absolute atomic E-state index is 12.1. The summed E-state index contributed by atoms with van der Waals surface area (Å²) in [4.78, 5) is 20.7. The lowest BCUT2D eigenvalue weighted by molar-refractivity contribution is -0.122. The minimum atomic E-state index is 0.0630. The van der Waals surface area contributed by atoms with Crippen LogP contribution in [0.2, 0.25) is 0 Å². The van der Waals surface area contributed by atoms with E-state index in [-0.39, 0.29) is 5.91 Å². The molecule has 7 heteroatoms. The molecule has 0 radical (unpaired) electrons. The first kappa shape index (κ1) is 16.1. The van der Waals surface area contributed by atoms with Crippen molar-refractivity contribution in [2.75, 3.05) is 37.6 Å². The fraction of sp³-hybridized carbons (Fsp3) is 0.500. The van der Waals surface area contributed by atoms with E-state index in [1.807, 2.05) is 12.1 Å². The number of H-pyrrole nitrogens is 1. The molecule has 0 spiro atoms. The van der Waals surface area contributed by atoms with Crippen LogP contribution in [0.1, 0.15) is 30.0 Å². The zero-order chi connectivity index (χ0) is 17.1. The molecule has 2 aliphatic rings. The van der Waals surface area contributed by atoms with Crippen molar-refractivity contribution >= 4 is 11.7 Å². The van der Waals surface area contributed by atoms with Gasteiger partial charge in [-0.05, 0) is 24.5 Å². The van der Waals surface area contributed by atoms with Gasteiger partial charge in [0.05, 0.1) is 6.54 Å². The Balaban J connectivity index is 1.21. The molecule has 2 fully saturated rings. The van der Waals surface area contributed by atoms with Gasteiger partial charge in [-0.15, -0.1) is 0 Å². The first-order chi connectivity index (χ1) is 12.3. The minimum absolute atomic E-state index is 0.0630. The monoisotopic (exact) mass is 340 g/mol. The highest BCUT2D eigenvalue weighted by Crippen LogP contribution is 2.39. The van der Waals surface area contributed by atoms with Crippen molar-refractivity contribution < 1.29 is 4.79 Å². The molecule has 132 valence electrons. The lowest BCUT2D eigenvalue weighted by Gasteiger charge is -2.34. The van der Waals surface area contributed by atoms with Gasteiger partial charge in [0, 0.05) is 62.8 Å². The Morgan fingerprint density at radius 3 is 2.84 bits per heavy atom. The van der Waals surface area contributed by atoms with Gasteiger partial charge in [-0.2, -0.15) is 5.10 Å². The summed E-state index contributed by atoms with van der Waals surface area (Å²) < 4.78 is 0. The van der Waals surface area contributed by atoms with E-state index >= 15 is 0 Å². The molecule has 0 bridgehead atoms. The summed E-state index contributed by atoms with van der Waals surface area (Å²) in [6.45, 7) is 4.55. The van der Waals surface area contributed by atoms with Crippen molar-refractivity contribution in [2.24, 2.45) is 0 Å². The molecule has 1 aliphatic heterocycles. The normalized spacial score (nSPS) is 18.3. The summed E-state index contributed by atoms with van der Waals surface area (Å²) in [7, 11) is 0. The Bertz CT molecular complexity index is 703. The van der Waals surface area contributed by atoms with Crippen molar-refractivity contribution in [3.05, 3.63) is 41.9 Å². The summed E-state index contributed by atoms with van der Waals surface area (Å²) in [6.07, 6.45) is 6.07. The molecule has 2 aromatic heterocycles. The van der Waals surface area contributed by atoms with Crippen LogP contribution < -0.4 is 10.2 Å². The van der Waals surface area contributed by atoms with Crippen LogP contribution in [0.3, 0.4) is 0 Å². The molecule has 1 saturated heterocycles. The van der Waals surface area contributed by atoms with E-state index in [1.165, 1.54) is 18.5 Å². The highest BCUT2D eigenvalue weighted by Gasteiger charge is 2.27. The second kappa shape index (κ2) is 7.23. The number of nitrogens with one attached hydrogen (secondary N) is 2. The lowest BCUT2D eigenvalue weighted by Crippen LogP contribution is -2.49. The highest BCUT2D eigenvalue weighted by molar-refractivity contribution is 5.78. The lowest BCUT2D eigenvalue weighted by atomic mass is 10.2. The molecule has 1 amide bonds. The molecule has 1 aliphatic carbocycles. The summed E-state index contributed by atoms with van der Waals surface area (Å²) in [6, 6.07) is 6.03. The van der Waals surface area contributed by atoms with E-state index in [0.29, 0.717) is 19.0 Å². The van der Waals surface area contributed by atoms with Crippen molar-refractivity contribution in [1.82, 2.24) is 25.4 Å². The molecular formula is C18H24N6O. The second-order valence-electron chi connectivity index (χ2n) is 6.86. The molecule has 7 nitrogen and oxygen atoms in total. The predicted octanol–water partition coefficient (Wildman–Crippen LogP) is 1.12. The molecule has 0 unspecified atom stereocenters. The Kier molecular flexibility index (Phi) is 4.65. The molecular weight excluding hydrogens is 316 g/mol. The maximum Gasteiger partial charge on any atom is 0.234 e. The standard InChI is InChI=1S/C18H24N6O/c25-18(20-12-14-2-1-5-19-11-14)13-23-6-8-24(9-7-23)17-10-16(21-22-17)15-3-4-15/h1-2,5,10-11,15H,3-4,6-9,12-13H2,(H,20,25)(H,21,22). The third-order valence-electron chi connectivity index (χ3n) is 4.88. The van der Waals surface area contributed by atoms with E-state index in [1.54, 1.807) is 12.4 Å². The van der Waals surface area contributed by atoms with Crippen LogP contribution in [0.25, 0.3) is 0 Å². The number of piperazine rings is 1. The van der Waals surface area contributed by atoms with Crippen molar-refractivity contribution in [1.29, 1.82) is 0 Å². The van der Waals surface area contributed by atoms with Crippen molar-refractivity contribution in [2.45, 2.75) is 25.3 Å². The Morgan fingerprint density at radius 2 is 2.12 bits per heavy atom. The van der Waals surface area contributed by atoms with Gasteiger partial charge in [0.2, 0.25) is 5.91 Å². The average molecular weight is 340 g/mol. The van der Waals surface area contributed by atoms with Gasteiger partial charge in [0.25, 0.3) is 0 Å². The molecule has 2 N–H and O–H groups in total. The number of amides is 1. The average Bonchev–Trinajstić information content (AvgIpc) is 3.39. The largest absolute Gasteiger partial charge is 0.353 e. The zero-order valence-electron chi connectivity index (χ0n) is 14.3. The molecule has 25 heavy (non-hydrogen) atoms. The molecule has 2 aromatic rings. The number of pyridine rings is 1. The first-order valence-electron chi connectivity index (χ1n) is 8.96. The number of hydrogen-bond donors (Lipinski definition) is 2. The van der Waals surface area contributed by atoms with Crippen LogP contribution in [-0.4, -0.2) is 58.7 Å². The van der Waals surface area contributed by atoms with Crippen LogP contribution in [0.5, 0.6) is 0 Å². The van der Waals surface area contributed by atoms with E-state index in [4.69, 9.17) is 0 Å². The van der Waals surface area contributed by atoms with Crippen LogP contribution in [-0.2, 0) is 11.3 Å². The summed E-state index contributed by atoms with van der Waals surface area (Å²) in [5.41, 5.74) is 2.29. The Labute approximate surface area is 147 Å². The van der Waals surface area contributed by atoms with Gasteiger partial charge in [0.15, 0.2) is 5.82 Å². The topological polar surface area (TPSA) is 77.2 Å². The number of hydrogen-bond acceptors (Lipinski definition) is 5. The Hall–Kier alpha value is -2.41.